The van der Waals surface area contributed by atoms with Gasteiger partial charge in [-0.3, -0.25) is 0 Å². The van der Waals surface area contributed by atoms with Crippen LogP contribution in [0.25, 0.3) is 0 Å². The minimum atomic E-state index is -1.02. The van der Waals surface area contributed by atoms with Crippen molar-refractivity contribution in [3.05, 3.63) is 34.7 Å². The van der Waals surface area contributed by atoms with Gasteiger partial charge in [0.05, 0.1) is 11.6 Å². The molecular formula is C13H14N2O4. The molecule has 0 amide bonds. The first-order chi connectivity index (χ1) is 9.04. The Kier molecular flexibility index (Phi) is 3.59. The average molecular weight is 262 g/mol. The summed E-state index contributed by atoms with van der Waals surface area (Å²) in [7, 11) is 0. The molecule has 19 heavy (non-hydrogen) atoms. The third-order valence-corrected chi connectivity index (χ3v) is 3.14. The molecule has 2 rings (SSSR count). The molecule has 1 aliphatic heterocycles. The Morgan fingerprint density at radius 1 is 1.37 bits per heavy atom. The van der Waals surface area contributed by atoms with Gasteiger partial charge in [0, 0.05) is 0 Å². The largest absolute Gasteiger partial charge is 0.478 e. The van der Waals surface area contributed by atoms with Crippen molar-refractivity contribution in [1.82, 2.24) is 0 Å². The highest BCUT2D eigenvalue weighted by molar-refractivity contribution is 6.05. The van der Waals surface area contributed by atoms with E-state index in [1.54, 1.807) is 24.3 Å². The van der Waals surface area contributed by atoms with Crippen LogP contribution in [0.2, 0.25) is 0 Å². The molecule has 1 aliphatic rings. The van der Waals surface area contributed by atoms with Crippen LogP contribution < -0.4 is 0 Å². The minimum absolute atomic E-state index is 0.0752. The SMILES string of the molecule is CC(C)C1C(c2ccc(N=O)cc2)=NOC1C(=O)O. The molecule has 1 heterocycles. The van der Waals surface area contributed by atoms with E-state index >= 15 is 0 Å². The van der Waals surface area contributed by atoms with E-state index in [0.717, 1.165) is 5.56 Å². The number of carbonyl (C=O) groups is 1. The topological polar surface area (TPSA) is 88.3 Å². The number of hydrogen-bond donors (Lipinski definition) is 1. The minimum Gasteiger partial charge on any atom is -0.478 e. The zero-order chi connectivity index (χ0) is 14.0. The summed E-state index contributed by atoms with van der Waals surface area (Å²) in [6.07, 6.45) is -0.959. The highest BCUT2D eigenvalue weighted by atomic mass is 16.7. The summed E-state index contributed by atoms with van der Waals surface area (Å²) >= 11 is 0. The molecule has 0 radical (unpaired) electrons. The first-order valence-corrected chi connectivity index (χ1v) is 5.95. The van der Waals surface area contributed by atoms with Crippen molar-refractivity contribution in [1.29, 1.82) is 0 Å². The van der Waals surface area contributed by atoms with Gasteiger partial charge in [-0.1, -0.05) is 31.1 Å². The molecule has 0 aliphatic carbocycles. The smallest absolute Gasteiger partial charge is 0.348 e. The van der Waals surface area contributed by atoms with Gasteiger partial charge in [-0.2, -0.15) is 0 Å². The van der Waals surface area contributed by atoms with Crippen molar-refractivity contribution in [2.45, 2.75) is 20.0 Å². The quantitative estimate of drug-likeness (QED) is 0.844. The van der Waals surface area contributed by atoms with E-state index < -0.39 is 12.1 Å². The highest BCUT2D eigenvalue weighted by Gasteiger charge is 2.41. The third-order valence-electron chi connectivity index (χ3n) is 3.14. The Balaban J connectivity index is 2.32. The molecule has 2 atom stereocenters. The van der Waals surface area contributed by atoms with Gasteiger partial charge in [0.2, 0.25) is 6.10 Å². The number of nitrogens with zero attached hydrogens (tertiary/aromatic N) is 2. The Morgan fingerprint density at radius 2 is 2.00 bits per heavy atom. The molecule has 2 unspecified atom stereocenters. The van der Waals surface area contributed by atoms with Gasteiger partial charge in [0.25, 0.3) is 0 Å². The second kappa shape index (κ2) is 5.17. The van der Waals surface area contributed by atoms with Crippen molar-refractivity contribution in [3.63, 3.8) is 0 Å². The van der Waals surface area contributed by atoms with Crippen LogP contribution in [0, 0.1) is 16.7 Å². The monoisotopic (exact) mass is 262 g/mol. The van der Waals surface area contributed by atoms with E-state index in [4.69, 9.17) is 9.94 Å². The lowest BCUT2D eigenvalue weighted by molar-refractivity contribution is -0.151. The van der Waals surface area contributed by atoms with E-state index in [-0.39, 0.29) is 11.8 Å². The number of rotatable bonds is 4. The van der Waals surface area contributed by atoms with Gasteiger partial charge in [-0.05, 0) is 28.8 Å². The van der Waals surface area contributed by atoms with Crippen LogP contribution in [0.4, 0.5) is 5.69 Å². The summed E-state index contributed by atoms with van der Waals surface area (Å²) in [4.78, 5) is 26.5. The fourth-order valence-corrected chi connectivity index (χ4v) is 2.19. The van der Waals surface area contributed by atoms with Gasteiger partial charge in [0.1, 0.15) is 5.69 Å². The predicted octanol–water partition coefficient (Wildman–Crippen LogP) is 2.54. The molecule has 0 saturated heterocycles. The Bertz CT molecular complexity index is 522. The molecule has 100 valence electrons. The fraction of sp³-hybridized carbons (Fsp3) is 0.385. The van der Waals surface area contributed by atoms with Crippen molar-refractivity contribution in [2.24, 2.45) is 22.2 Å². The maximum atomic E-state index is 11.1. The molecule has 0 saturated carbocycles. The molecule has 0 aromatic heterocycles. The average Bonchev–Trinajstić information content (AvgIpc) is 2.83. The van der Waals surface area contributed by atoms with E-state index in [1.165, 1.54) is 0 Å². The summed E-state index contributed by atoms with van der Waals surface area (Å²) in [5, 5.41) is 15.8. The molecule has 0 bridgehead atoms. The molecule has 6 nitrogen and oxygen atoms in total. The number of hydrogen-bond acceptors (Lipinski definition) is 5. The lowest BCUT2D eigenvalue weighted by Crippen LogP contribution is -2.34. The van der Waals surface area contributed by atoms with Gasteiger partial charge in [-0.25, -0.2) is 4.79 Å². The van der Waals surface area contributed by atoms with E-state index in [9.17, 15) is 9.70 Å². The number of benzene rings is 1. The number of carboxylic acid groups (broad SMARTS) is 1. The molecule has 0 fully saturated rings. The van der Waals surface area contributed by atoms with Crippen LogP contribution >= 0.6 is 0 Å². The summed E-state index contributed by atoms with van der Waals surface area (Å²) in [5.74, 6) is -1.26. The zero-order valence-corrected chi connectivity index (χ0v) is 10.6. The van der Waals surface area contributed by atoms with Crippen molar-refractivity contribution in [3.8, 4) is 0 Å². The van der Waals surface area contributed by atoms with Crippen molar-refractivity contribution < 1.29 is 14.7 Å². The first kappa shape index (κ1) is 13.2. The number of carboxylic acids is 1. The highest BCUT2D eigenvalue weighted by Crippen LogP contribution is 2.30. The van der Waals surface area contributed by atoms with Crippen LogP contribution in [-0.4, -0.2) is 22.9 Å². The van der Waals surface area contributed by atoms with Crippen LogP contribution in [-0.2, 0) is 9.63 Å². The normalized spacial score (nSPS) is 21.9. The second-order valence-corrected chi connectivity index (χ2v) is 4.75. The van der Waals surface area contributed by atoms with Gasteiger partial charge < -0.3 is 9.94 Å². The van der Waals surface area contributed by atoms with Gasteiger partial charge in [0.15, 0.2) is 0 Å². The van der Waals surface area contributed by atoms with Crippen molar-refractivity contribution in [2.75, 3.05) is 0 Å². The van der Waals surface area contributed by atoms with Crippen LogP contribution in [0.3, 0.4) is 0 Å². The second-order valence-electron chi connectivity index (χ2n) is 4.75. The molecule has 6 heteroatoms. The number of oxime groups is 1. The molecule has 1 aromatic rings. The molecular weight excluding hydrogens is 248 g/mol. The fourth-order valence-electron chi connectivity index (χ4n) is 2.19. The zero-order valence-electron chi connectivity index (χ0n) is 10.6. The van der Waals surface area contributed by atoms with Gasteiger partial charge in [-0.15, -0.1) is 4.91 Å². The maximum absolute atomic E-state index is 11.1. The molecule has 0 spiro atoms. The number of aliphatic carboxylic acids is 1. The van der Waals surface area contributed by atoms with Crippen LogP contribution in [0.1, 0.15) is 19.4 Å². The lowest BCUT2D eigenvalue weighted by atomic mass is 9.83. The van der Waals surface area contributed by atoms with Crippen LogP contribution in [0.15, 0.2) is 34.6 Å². The summed E-state index contributed by atoms with van der Waals surface area (Å²) in [5.41, 5.74) is 1.66. The van der Waals surface area contributed by atoms with E-state index in [2.05, 4.69) is 10.3 Å². The Hall–Kier alpha value is -2.24. The summed E-state index contributed by atoms with van der Waals surface area (Å²) in [6.45, 7) is 3.85. The van der Waals surface area contributed by atoms with Crippen molar-refractivity contribution >= 4 is 17.4 Å². The Morgan fingerprint density at radius 3 is 2.47 bits per heavy atom. The van der Waals surface area contributed by atoms with Crippen LogP contribution in [0.5, 0.6) is 0 Å². The maximum Gasteiger partial charge on any atom is 0.348 e. The standard InChI is InChI=1S/C13H14N2O4/c1-7(2)10-11(15-19-12(10)13(16)17)8-3-5-9(14-18)6-4-8/h3-7,10,12H,1-2H3,(H,16,17). The number of nitroso groups, excluding NO2 is 1. The Labute approximate surface area is 110 Å². The lowest BCUT2D eigenvalue weighted by Gasteiger charge is -2.19. The van der Waals surface area contributed by atoms with E-state index in [0.29, 0.717) is 11.4 Å². The van der Waals surface area contributed by atoms with Gasteiger partial charge >= 0.3 is 5.97 Å². The first-order valence-electron chi connectivity index (χ1n) is 5.95. The predicted molar refractivity (Wildman–Crippen MR) is 69.3 cm³/mol. The third kappa shape index (κ3) is 2.47. The molecule has 1 aromatic carbocycles. The summed E-state index contributed by atoms with van der Waals surface area (Å²) in [6, 6.07) is 6.52. The summed E-state index contributed by atoms with van der Waals surface area (Å²) < 4.78 is 0. The molecule has 1 N–H and O–H groups in total. The van der Waals surface area contributed by atoms with E-state index in [1.807, 2.05) is 13.8 Å².